The smallest absolute Gasteiger partial charge is 0.227 e. The Hall–Kier alpha value is -1.51. The number of nitrogens with one attached hydrogen (secondary N) is 1. The molecule has 0 fully saturated rings. The van der Waals surface area contributed by atoms with E-state index in [9.17, 15) is 4.79 Å². The molecule has 0 bridgehead atoms. The molecule has 1 rings (SSSR count). The Morgan fingerprint density at radius 2 is 1.94 bits per heavy atom. The molecule has 3 nitrogen and oxygen atoms in total. The van der Waals surface area contributed by atoms with Gasteiger partial charge >= 0.3 is 0 Å². The van der Waals surface area contributed by atoms with Crippen LogP contribution in [0, 0.1) is 5.92 Å². The molecule has 0 aromatic heterocycles. The zero-order valence-electron chi connectivity index (χ0n) is 11.2. The average molecular weight is 234 g/mol. The SMILES string of the molecule is CCC(CC)C(=O)Nc1cccc(N(C)C)c1. The van der Waals surface area contributed by atoms with Crippen LogP contribution >= 0.6 is 0 Å². The van der Waals surface area contributed by atoms with Crippen molar-refractivity contribution >= 4 is 17.3 Å². The number of hydrogen-bond donors (Lipinski definition) is 1. The Balaban J connectivity index is 2.74. The summed E-state index contributed by atoms with van der Waals surface area (Å²) in [6.45, 7) is 4.09. The Morgan fingerprint density at radius 3 is 2.47 bits per heavy atom. The number of hydrogen-bond acceptors (Lipinski definition) is 2. The van der Waals surface area contributed by atoms with Crippen LogP contribution in [0.1, 0.15) is 26.7 Å². The monoisotopic (exact) mass is 234 g/mol. The first kappa shape index (κ1) is 13.6. The lowest BCUT2D eigenvalue weighted by molar-refractivity contribution is -0.120. The fourth-order valence-electron chi connectivity index (χ4n) is 1.77. The molecule has 0 saturated heterocycles. The van der Waals surface area contributed by atoms with Crippen LogP contribution in [0.3, 0.4) is 0 Å². The van der Waals surface area contributed by atoms with Gasteiger partial charge in [0.1, 0.15) is 0 Å². The first-order valence-corrected chi connectivity index (χ1v) is 6.16. The maximum atomic E-state index is 11.9. The Morgan fingerprint density at radius 1 is 1.29 bits per heavy atom. The molecule has 0 aliphatic heterocycles. The molecule has 94 valence electrons. The first-order chi connectivity index (χ1) is 8.08. The molecule has 17 heavy (non-hydrogen) atoms. The third-order valence-electron chi connectivity index (χ3n) is 2.99. The molecular formula is C14H22N2O. The predicted molar refractivity (Wildman–Crippen MR) is 73.5 cm³/mol. The van der Waals surface area contributed by atoms with Gasteiger partial charge in [-0.3, -0.25) is 4.79 Å². The lowest BCUT2D eigenvalue weighted by atomic mass is 10.0. The van der Waals surface area contributed by atoms with Crippen molar-refractivity contribution in [2.75, 3.05) is 24.3 Å². The zero-order valence-corrected chi connectivity index (χ0v) is 11.2. The topological polar surface area (TPSA) is 32.3 Å². The number of amides is 1. The van der Waals surface area contributed by atoms with Gasteiger partial charge in [-0.1, -0.05) is 19.9 Å². The number of rotatable bonds is 5. The summed E-state index contributed by atoms with van der Waals surface area (Å²) in [5.41, 5.74) is 1.96. The number of benzene rings is 1. The van der Waals surface area contributed by atoms with E-state index in [-0.39, 0.29) is 11.8 Å². The van der Waals surface area contributed by atoms with Crippen molar-refractivity contribution in [3.8, 4) is 0 Å². The highest BCUT2D eigenvalue weighted by molar-refractivity contribution is 5.92. The van der Waals surface area contributed by atoms with E-state index < -0.39 is 0 Å². The van der Waals surface area contributed by atoms with Crippen molar-refractivity contribution in [1.82, 2.24) is 0 Å². The van der Waals surface area contributed by atoms with Gasteiger partial charge in [-0.15, -0.1) is 0 Å². The number of nitrogens with zero attached hydrogens (tertiary/aromatic N) is 1. The van der Waals surface area contributed by atoms with Gasteiger partial charge < -0.3 is 10.2 Å². The summed E-state index contributed by atoms with van der Waals surface area (Å²) in [4.78, 5) is 14.0. The molecule has 0 spiro atoms. The van der Waals surface area contributed by atoms with Gasteiger partial charge in [-0.05, 0) is 31.0 Å². The maximum Gasteiger partial charge on any atom is 0.227 e. The van der Waals surface area contributed by atoms with Gasteiger partial charge in [0, 0.05) is 31.4 Å². The van der Waals surface area contributed by atoms with Crippen molar-refractivity contribution in [2.24, 2.45) is 5.92 Å². The molecule has 0 atom stereocenters. The number of anilines is 2. The molecule has 0 aliphatic carbocycles. The molecule has 1 aromatic carbocycles. The lowest BCUT2D eigenvalue weighted by Crippen LogP contribution is -2.21. The Labute approximate surface area is 104 Å². The molecule has 1 aromatic rings. The quantitative estimate of drug-likeness (QED) is 0.849. The second kappa shape index (κ2) is 6.28. The lowest BCUT2D eigenvalue weighted by Gasteiger charge is -2.16. The van der Waals surface area contributed by atoms with Crippen molar-refractivity contribution in [3.63, 3.8) is 0 Å². The highest BCUT2D eigenvalue weighted by atomic mass is 16.1. The summed E-state index contributed by atoms with van der Waals surface area (Å²) in [6, 6.07) is 7.89. The molecule has 0 saturated carbocycles. The standard InChI is InChI=1S/C14H22N2O/c1-5-11(6-2)14(17)15-12-8-7-9-13(10-12)16(3)4/h7-11H,5-6H2,1-4H3,(H,15,17). The fourth-order valence-corrected chi connectivity index (χ4v) is 1.77. The van der Waals surface area contributed by atoms with Crippen LogP contribution in [0.25, 0.3) is 0 Å². The molecule has 1 N–H and O–H groups in total. The average Bonchev–Trinajstić information content (AvgIpc) is 2.30. The fraction of sp³-hybridized carbons (Fsp3) is 0.500. The highest BCUT2D eigenvalue weighted by Crippen LogP contribution is 2.19. The minimum absolute atomic E-state index is 0.109. The number of carbonyl (C=O) groups excluding carboxylic acids is 1. The summed E-state index contributed by atoms with van der Waals surface area (Å²) >= 11 is 0. The van der Waals surface area contributed by atoms with Crippen LogP contribution in [-0.4, -0.2) is 20.0 Å². The molecule has 3 heteroatoms. The van der Waals surface area contributed by atoms with Gasteiger partial charge in [0.25, 0.3) is 0 Å². The van der Waals surface area contributed by atoms with Crippen LogP contribution in [-0.2, 0) is 4.79 Å². The highest BCUT2D eigenvalue weighted by Gasteiger charge is 2.14. The third-order valence-corrected chi connectivity index (χ3v) is 2.99. The van der Waals surface area contributed by atoms with Crippen LogP contribution < -0.4 is 10.2 Å². The van der Waals surface area contributed by atoms with E-state index in [0.717, 1.165) is 24.2 Å². The number of carbonyl (C=O) groups is 1. The summed E-state index contributed by atoms with van der Waals surface area (Å²) < 4.78 is 0. The van der Waals surface area contributed by atoms with Crippen LogP contribution in [0.15, 0.2) is 24.3 Å². The van der Waals surface area contributed by atoms with Gasteiger partial charge in [0.05, 0.1) is 0 Å². The van der Waals surface area contributed by atoms with Gasteiger partial charge in [-0.25, -0.2) is 0 Å². The van der Waals surface area contributed by atoms with E-state index in [4.69, 9.17) is 0 Å². The second-order valence-electron chi connectivity index (χ2n) is 4.45. The summed E-state index contributed by atoms with van der Waals surface area (Å²) in [5, 5.41) is 2.97. The van der Waals surface area contributed by atoms with E-state index in [1.165, 1.54) is 0 Å². The summed E-state index contributed by atoms with van der Waals surface area (Å²) in [5.74, 6) is 0.226. The summed E-state index contributed by atoms with van der Waals surface area (Å²) in [6.07, 6.45) is 1.77. The van der Waals surface area contributed by atoms with E-state index in [2.05, 4.69) is 5.32 Å². The minimum atomic E-state index is 0.109. The van der Waals surface area contributed by atoms with Crippen LogP contribution in [0.2, 0.25) is 0 Å². The van der Waals surface area contributed by atoms with Gasteiger partial charge in [-0.2, -0.15) is 0 Å². The Bertz CT molecular complexity index is 370. The van der Waals surface area contributed by atoms with E-state index in [0.29, 0.717) is 0 Å². The van der Waals surface area contributed by atoms with Crippen molar-refractivity contribution in [2.45, 2.75) is 26.7 Å². The maximum absolute atomic E-state index is 11.9. The van der Waals surface area contributed by atoms with Crippen molar-refractivity contribution in [3.05, 3.63) is 24.3 Å². The normalized spacial score (nSPS) is 10.4. The second-order valence-corrected chi connectivity index (χ2v) is 4.45. The summed E-state index contributed by atoms with van der Waals surface area (Å²) in [7, 11) is 3.98. The molecule has 0 unspecified atom stereocenters. The zero-order chi connectivity index (χ0) is 12.8. The molecular weight excluding hydrogens is 212 g/mol. The first-order valence-electron chi connectivity index (χ1n) is 6.16. The van der Waals surface area contributed by atoms with Gasteiger partial charge in [0.2, 0.25) is 5.91 Å². The molecule has 0 aliphatic rings. The van der Waals surface area contributed by atoms with Gasteiger partial charge in [0.15, 0.2) is 0 Å². The van der Waals surface area contributed by atoms with E-state index in [1.807, 2.05) is 57.1 Å². The minimum Gasteiger partial charge on any atom is -0.378 e. The predicted octanol–water partition coefficient (Wildman–Crippen LogP) is 3.13. The van der Waals surface area contributed by atoms with E-state index >= 15 is 0 Å². The van der Waals surface area contributed by atoms with Crippen molar-refractivity contribution in [1.29, 1.82) is 0 Å². The van der Waals surface area contributed by atoms with Crippen molar-refractivity contribution < 1.29 is 4.79 Å². The third kappa shape index (κ3) is 3.77. The van der Waals surface area contributed by atoms with Crippen LogP contribution in [0.5, 0.6) is 0 Å². The Kier molecular flexibility index (Phi) is 5.01. The molecule has 1 amide bonds. The largest absolute Gasteiger partial charge is 0.378 e. The molecule has 0 radical (unpaired) electrons. The van der Waals surface area contributed by atoms with Crippen LogP contribution in [0.4, 0.5) is 11.4 Å². The molecule has 0 heterocycles. The van der Waals surface area contributed by atoms with E-state index in [1.54, 1.807) is 0 Å².